The van der Waals surface area contributed by atoms with Crippen LogP contribution in [0.2, 0.25) is 0 Å². The van der Waals surface area contributed by atoms with E-state index in [4.69, 9.17) is 15.2 Å². The summed E-state index contributed by atoms with van der Waals surface area (Å²) in [5, 5.41) is 7.91. The van der Waals surface area contributed by atoms with Gasteiger partial charge in [0, 0.05) is 19.3 Å². The van der Waals surface area contributed by atoms with Crippen LogP contribution in [0, 0.1) is 5.92 Å². The lowest BCUT2D eigenvalue weighted by molar-refractivity contribution is -0.124. The molecule has 1 aromatic rings. The van der Waals surface area contributed by atoms with Crippen LogP contribution >= 0.6 is 0 Å². The van der Waals surface area contributed by atoms with Crippen molar-refractivity contribution in [1.29, 1.82) is 0 Å². The van der Waals surface area contributed by atoms with E-state index in [-0.39, 0.29) is 24.3 Å². The number of primary amides is 1. The summed E-state index contributed by atoms with van der Waals surface area (Å²) in [6.45, 7) is 10.2. The number of hydrogen-bond acceptors (Lipinski definition) is 7. The maximum Gasteiger partial charge on any atom is 0.408 e. The highest BCUT2D eigenvalue weighted by atomic mass is 16.6. The molecule has 0 aromatic heterocycles. The summed E-state index contributed by atoms with van der Waals surface area (Å²) >= 11 is 0. The Hall–Kier alpha value is -3.76. The van der Waals surface area contributed by atoms with Crippen LogP contribution in [0.4, 0.5) is 9.59 Å². The molecule has 0 aliphatic carbocycles. The molecule has 1 aromatic carbocycles. The molecule has 0 radical (unpaired) electrons. The fourth-order valence-electron chi connectivity index (χ4n) is 3.67. The molecule has 1 heterocycles. The molecular weight excluding hydrogens is 478 g/mol. The van der Waals surface area contributed by atoms with Gasteiger partial charge in [-0.15, -0.1) is 0 Å². The number of amides is 4. The maximum absolute atomic E-state index is 13.0. The summed E-state index contributed by atoms with van der Waals surface area (Å²) in [5.41, 5.74) is 5.60. The molecule has 1 aliphatic heterocycles. The summed E-state index contributed by atoms with van der Waals surface area (Å²) in [7, 11) is 0. The van der Waals surface area contributed by atoms with Crippen molar-refractivity contribution in [2.24, 2.45) is 11.7 Å². The van der Waals surface area contributed by atoms with E-state index >= 15 is 0 Å². The van der Waals surface area contributed by atoms with Gasteiger partial charge >= 0.3 is 12.2 Å². The first-order valence-electron chi connectivity index (χ1n) is 12.4. The van der Waals surface area contributed by atoms with Gasteiger partial charge in [-0.2, -0.15) is 0 Å². The molecule has 11 heteroatoms. The van der Waals surface area contributed by atoms with Crippen LogP contribution in [0.15, 0.2) is 42.2 Å². The van der Waals surface area contributed by atoms with Crippen molar-refractivity contribution in [2.45, 2.75) is 71.8 Å². The standard InChI is InChI=1S/C26H39N5O6/c1-17(2)13-20(30-24(34)36-16-18-9-7-6-8-10-18)23(33)29-21(22(27)32)15-31-12-11-19(14-31)28-25(35)37-26(3,4)5/h6-10,15,17,19-20H,11-14,16H2,1-5H3,(H2,27,32)(H,28,35)(H,29,33)(H,30,34)/b21-15-. The van der Waals surface area contributed by atoms with E-state index < -0.39 is 35.6 Å². The molecule has 1 saturated heterocycles. The van der Waals surface area contributed by atoms with E-state index in [0.29, 0.717) is 25.9 Å². The molecule has 37 heavy (non-hydrogen) atoms. The first kappa shape index (κ1) is 29.5. The van der Waals surface area contributed by atoms with E-state index in [2.05, 4.69) is 16.0 Å². The Labute approximate surface area is 218 Å². The van der Waals surface area contributed by atoms with Crippen LogP contribution in [-0.4, -0.2) is 59.7 Å². The van der Waals surface area contributed by atoms with Crippen molar-refractivity contribution >= 4 is 24.0 Å². The predicted molar refractivity (Wildman–Crippen MR) is 138 cm³/mol. The third-order valence-corrected chi connectivity index (χ3v) is 5.30. The SMILES string of the molecule is CC(C)CC(NC(=O)OCc1ccccc1)C(=O)N/C(=C\N1CCC(NC(=O)OC(C)(C)C)C1)C(N)=O. The number of rotatable bonds is 10. The Morgan fingerprint density at radius 3 is 2.41 bits per heavy atom. The molecule has 2 unspecified atom stereocenters. The minimum Gasteiger partial charge on any atom is -0.445 e. The monoisotopic (exact) mass is 517 g/mol. The van der Waals surface area contributed by atoms with Crippen LogP contribution in [0.1, 0.15) is 53.0 Å². The Morgan fingerprint density at radius 2 is 1.81 bits per heavy atom. The third-order valence-electron chi connectivity index (χ3n) is 5.30. The van der Waals surface area contributed by atoms with Gasteiger partial charge in [0.25, 0.3) is 5.91 Å². The van der Waals surface area contributed by atoms with Gasteiger partial charge in [-0.3, -0.25) is 9.59 Å². The Morgan fingerprint density at radius 1 is 1.14 bits per heavy atom. The number of nitrogens with one attached hydrogen (secondary N) is 3. The van der Waals surface area contributed by atoms with Gasteiger partial charge in [0.05, 0.1) is 6.04 Å². The zero-order chi connectivity index (χ0) is 27.6. The third kappa shape index (κ3) is 11.2. The van der Waals surface area contributed by atoms with Gasteiger partial charge in [-0.25, -0.2) is 9.59 Å². The lowest BCUT2D eigenvalue weighted by Crippen LogP contribution is -2.48. The molecule has 2 atom stereocenters. The lowest BCUT2D eigenvalue weighted by Gasteiger charge is -2.22. The van der Waals surface area contributed by atoms with Crippen LogP contribution in [0.5, 0.6) is 0 Å². The van der Waals surface area contributed by atoms with E-state index in [0.717, 1.165) is 5.56 Å². The van der Waals surface area contributed by atoms with Crippen molar-refractivity contribution in [3.63, 3.8) is 0 Å². The normalized spacial score (nSPS) is 16.6. The Bertz CT molecular complexity index is 973. The number of carbonyl (C=O) groups is 4. The van der Waals surface area contributed by atoms with Crippen molar-refractivity contribution in [2.75, 3.05) is 13.1 Å². The molecule has 0 spiro atoms. The number of carbonyl (C=O) groups excluding carboxylic acids is 4. The minimum atomic E-state index is -0.939. The zero-order valence-corrected chi connectivity index (χ0v) is 22.2. The second-order valence-corrected chi connectivity index (χ2v) is 10.4. The van der Waals surface area contributed by atoms with Gasteiger partial charge in [0.2, 0.25) is 5.91 Å². The molecule has 0 saturated carbocycles. The van der Waals surface area contributed by atoms with Crippen molar-refractivity contribution < 1.29 is 28.7 Å². The summed E-state index contributed by atoms with van der Waals surface area (Å²) < 4.78 is 10.5. The van der Waals surface area contributed by atoms with Crippen LogP contribution in [-0.2, 0) is 25.7 Å². The molecular formula is C26H39N5O6. The molecule has 1 aliphatic rings. The van der Waals surface area contributed by atoms with Gasteiger partial charge in [0.1, 0.15) is 23.9 Å². The maximum atomic E-state index is 13.0. The molecule has 1 fully saturated rings. The van der Waals surface area contributed by atoms with Gasteiger partial charge < -0.3 is 36.1 Å². The van der Waals surface area contributed by atoms with Crippen LogP contribution in [0.25, 0.3) is 0 Å². The number of ether oxygens (including phenoxy) is 2. The highest BCUT2D eigenvalue weighted by Gasteiger charge is 2.28. The van der Waals surface area contributed by atoms with Gasteiger partial charge in [-0.1, -0.05) is 44.2 Å². The highest BCUT2D eigenvalue weighted by molar-refractivity contribution is 5.98. The molecule has 11 nitrogen and oxygen atoms in total. The quantitative estimate of drug-likeness (QED) is 0.348. The Kier molecular flexibility index (Phi) is 10.8. The number of nitrogens with zero attached hydrogens (tertiary/aromatic N) is 1. The molecule has 2 rings (SSSR count). The minimum absolute atomic E-state index is 0.0581. The Balaban J connectivity index is 1.98. The zero-order valence-electron chi connectivity index (χ0n) is 22.2. The average molecular weight is 518 g/mol. The predicted octanol–water partition coefficient (Wildman–Crippen LogP) is 2.37. The van der Waals surface area contributed by atoms with Crippen LogP contribution in [0.3, 0.4) is 0 Å². The van der Waals surface area contributed by atoms with Gasteiger partial charge in [-0.05, 0) is 45.1 Å². The summed E-state index contributed by atoms with van der Waals surface area (Å²) in [6.07, 6.45) is 1.14. The fourth-order valence-corrected chi connectivity index (χ4v) is 3.67. The highest BCUT2D eigenvalue weighted by Crippen LogP contribution is 2.13. The fraction of sp³-hybridized carbons (Fsp3) is 0.538. The second kappa shape index (κ2) is 13.5. The van der Waals surface area contributed by atoms with Crippen molar-refractivity contribution in [1.82, 2.24) is 20.9 Å². The molecule has 204 valence electrons. The number of likely N-dealkylation sites (tertiary alicyclic amines) is 1. The first-order valence-corrected chi connectivity index (χ1v) is 12.4. The van der Waals surface area contributed by atoms with E-state index in [1.165, 1.54) is 6.20 Å². The number of nitrogens with two attached hydrogens (primary N) is 1. The number of alkyl carbamates (subject to hydrolysis) is 2. The average Bonchev–Trinajstić information content (AvgIpc) is 3.22. The first-order chi connectivity index (χ1) is 17.3. The summed E-state index contributed by atoms with van der Waals surface area (Å²) in [5.74, 6) is -1.34. The summed E-state index contributed by atoms with van der Waals surface area (Å²) in [6, 6.07) is 8.04. The number of hydrogen-bond donors (Lipinski definition) is 4. The molecule has 5 N–H and O–H groups in total. The molecule has 4 amide bonds. The van der Waals surface area contributed by atoms with E-state index in [9.17, 15) is 19.2 Å². The van der Waals surface area contributed by atoms with Crippen LogP contribution < -0.4 is 21.7 Å². The topological polar surface area (TPSA) is 152 Å². The van der Waals surface area contributed by atoms with Crippen molar-refractivity contribution in [3.8, 4) is 0 Å². The van der Waals surface area contributed by atoms with E-state index in [1.54, 1.807) is 25.7 Å². The smallest absolute Gasteiger partial charge is 0.408 e. The molecule has 0 bridgehead atoms. The number of benzene rings is 1. The lowest BCUT2D eigenvalue weighted by atomic mass is 10.0. The summed E-state index contributed by atoms with van der Waals surface area (Å²) in [4.78, 5) is 51.2. The van der Waals surface area contributed by atoms with E-state index in [1.807, 2.05) is 44.2 Å². The van der Waals surface area contributed by atoms with Gasteiger partial charge in [0.15, 0.2) is 0 Å². The second-order valence-electron chi connectivity index (χ2n) is 10.4. The largest absolute Gasteiger partial charge is 0.445 e. The van der Waals surface area contributed by atoms with Crippen molar-refractivity contribution in [3.05, 3.63) is 47.8 Å².